The smallest absolute Gasteiger partial charge is 0.414 e. The summed E-state index contributed by atoms with van der Waals surface area (Å²) in [5.41, 5.74) is 7.99. The number of piperidine rings is 1. The van der Waals surface area contributed by atoms with E-state index in [0.29, 0.717) is 25.7 Å². The van der Waals surface area contributed by atoms with Crippen LogP contribution in [0.25, 0.3) is 0 Å². The molecular weight excluding hydrogens is 280 g/mol. The summed E-state index contributed by atoms with van der Waals surface area (Å²) in [5, 5.41) is 0. The molecule has 2 aliphatic heterocycles. The third-order valence-electron chi connectivity index (χ3n) is 4.11. The van der Waals surface area contributed by atoms with Crippen LogP contribution in [0.4, 0.5) is 10.5 Å². The van der Waals surface area contributed by atoms with Crippen molar-refractivity contribution < 1.29 is 9.53 Å². The molecule has 2 N–H and O–H groups in total. The summed E-state index contributed by atoms with van der Waals surface area (Å²) in [4.78, 5) is 19.8. The van der Waals surface area contributed by atoms with E-state index in [2.05, 4.69) is 9.89 Å². The summed E-state index contributed by atoms with van der Waals surface area (Å²) < 4.78 is 4.94. The van der Waals surface area contributed by atoms with Crippen molar-refractivity contribution in [3.05, 3.63) is 29.8 Å². The lowest BCUT2D eigenvalue weighted by Gasteiger charge is -2.27. The van der Waals surface area contributed by atoms with Gasteiger partial charge >= 0.3 is 6.09 Å². The zero-order valence-corrected chi connectivity index (χ0v) is 12.7. The van der Waals surface area contributed by atoms with Gasteiger partial charge in [0.15, 0.2) is 5.96 Å². The van der Waals surface area contributed by atoms with Crippen LogP contribution >= 0.6 is 0 Å². The lowest BCUT2D eigenvalue weighted by atomic mass is 10.1. The van der Waals surface area contributed by atoms with Crippen LogP contribution < -0.4 is 10.6 Å². The molecule has 2 fully saturated rings. The molecule has 2 saturated heterocycles. The molecule has 1 aromatic carbocycles. The number of amides is 1. The number of guanidine groups is 1. The summed E-state index contributed by atoms with van der Waals surface area (Å²) in [5.74, 6) is 0.631. The molecule has 0 atom stereocenters. The van der Waals surface area contributed by atoms with E-state index in [1.807, 2.05) is 24.3 Å². The molecule has 0 aromatic heterocycles. The van der Waals surface area contributed by atoms with Gasteiger partial charge in [-0.05, 0) is 37.0 Å². The number of likely N-dealkylation sites (tertiary alicyclic amines) is 1. The summed E-state index contributed by atoms with van der Waals surface area (Å²) in [6, 6.07) is 7.81. The van der Waals surface area contributed by atoms with E-state index in [9.17, 15) is 4.79 Å². The number of hydrogen-bond acceptors (Lipinski definition) is 3. The molecule has 2 heterocycles. The fourth-order valence-electron chi connectivity index (χ4n) is 2.80. The van der Waals surface area contributed by atoms with Crippen LogP contribution in [0.1, 0.15) is 24.8 Å². The fraction of sp³-hybridized carbons (Fsp3) is 0.500. The molecule has 0 aliphatic carbocycles. The predicted octanol–water partition coefficient (Wildman–Crippen LogP) is 1.94. The third kappa shape index (κ3) is 3.32. The predicted molar refractivity (Wildman–Crippen MR) is 85.9 cm³/mol. The quantitative estimate of drug-likeness (QED) is 0.684. The van der Waals surface area contributed by atoms with Crippen molar-refractivity contribution in [2.24, 2.45) is 10.7 Å². The number of carbonyl (C=O) groups excluding carboxylic acids is 1. The first-order chi connectivity index (χ1) is 10.7. The number of benzene rings is 1. The van der Waals surface area contributed by atoms with Gasteiger partial charge < -0.3 is 15.4 Å². The van der Waals surface area contributed by atoms with Gasteiger partial charge in [0, 0.05) is 18.8 Å². The molecule has 0 radical (unpaired) electrons. The van der Waals surface area contributed by atoms with Gasteiger partial charge in [0.1, 0.15) is 6.61 Å². The topological polar surface area (TPSA) is 71.2 Å². The van der Waals surface area contributed by atoms with Crippen molar-refractivity contribution in [1.82, 2.24) is 4.90 Å². The number of anilines is 1. The number of nitrogens with zero attached hydrogens (tertiary/aromatic N) is 3. The van der Waals surface area contributed by atoms with Gasteiger partial charge in [0.25, 0.3) is 0 Å². The van der Waals surface area contributed by atoms with Crippen molar-refractivity contribution >= 4 is 17.7 Å². The van der Waals surface area contributed by atoms with Gasteiger partial charge in [-0.2, -0.15) is 0 Å². The highest BCUT2D eigenvalue weighted by atomic mass is 16.6. The van der Waals surface area contributed by atoms with Crippen LogP contribution in [-0.2, 0) is 11.3 Å². The second-order valence-electron chi connectivity index (χ2n) is 5.65. The first-order valence-electron chi connectivity index (χ1n) is 7.82. The summed E-state index contributed by atoms with van der Waals surface area (Å²) >= 11 is 0. The Bertz CT molecular complexity index is 550. The maximum atomic E-state index is 11.5. The average Bonchev–Trinajstić information content (AvgIpc) is 3.00. The van der Waals surface area contributed by atoms with Crippen LogP contribution in [0.2, 0.25) is 0 Å². The molecular formula is C16H22N4O2. The van der Waals surface area contributed by atoms with Crippen molar-refractivity contribution in [1.29, 1.82) is 0 Å². The highest BCUT2D eigenvalue weighted by Crippen LogP contribution is 2.19. The molecule has 0 unspecified atom stereocenters. The molecule has 0 spiro atoms. The van der Waals surface area contributed by atoms with E-state index in [4.69, 9.17) is 10.5 Å². The average molecular weight is 302 g/mol. The second kappa shape index (κ2) is 6.68. The standard InChI is InChI=1S/C16H22N4O2/c17-15(19-8-2-1-3-9-19)18-12-13-4-6-14(7-5-13)20-10-11-22-16(20)21/h4-7H,1-3,8-12H2,(H2,17,18). The number of nitrogens with two attached hydrogens (primary N) is 1. The van der Waals surface area contributed by atoms with Gasteiger partial charge in [-0.25, -0.2) is 9.79 Å². The van der Waals surface area contributed by atoms with Gasteiger partial charge in [-0.3, -0.25) is 4.90 Å². The Balaban J connectivity index is 1.59. The first kappa shape index (κ1) is 14.7. The highest BCUT2D eigenvalue weighted by molar-refractivity contribution is 5.89. The zero-order valence-electron chi connectivity index (χ0n) is 12.7. The lowest BCUT2D eigenvalue weighted by Crippen LogP contribution is -2.40. The SMILES string of the molecule is NC(=NCc1ccc(N2CCOC2=O)cc1)N1CCCCC1. The molecule has 118 valence electrons. The third-order valence-corrected chi connectivity index (χ3v) is 4.11. The van der Waals surface area contributed by atoms with Crippen LogP contribution in [0.3, 0.4) is 0 Å². The number of aliphatic imine (C=N–C) groups is 1. The number of cyclic esters (lactones) is 1. The summed E-state index contributed by atoms with van der Waals surface area (Å²) in [6.45, 7) is 3.64. The van der Waals surface area contributed by atoms with Gasteiger partial charge in [0.05, 0.1) is 13.1 Å². The van der Waals surface area contributed by atoms with Crippen molar-refractivity contribution in [2.45, 2.75) is 25.8 Å². The molecule has 6 heteroatoms. The van der Waals surface area contributed by atoms with E-state index >= 15 is 0 Å². The Morgan fingerprint density at radius 3 is 2.50 bits per heavy atom. The minimum atomic E-state index is -0.278. The van der Waals surface area contributed by atoms with E-state index in [0.717, 1.165) is 24.3 Å². The van der Waals surface area contributed by atoms with E-state index in [1.165, 1.54) is 19.3 Å². The maximum absolute atomic E-state index is 11.5. The number of hydrogen-bond donors (Lipinski definition) is 1. The van der Waals surface area contributed by atoms with Crippen molar-refractivity contribution in [3.63, 3.8) is 0 Å². The Morgan fingerprint density at radius 2 is 1.86 bits per heavy atom. The van der Waals surface area contributed by atoms with Crippen LogP contribution in [0.15, 0.2) is 29.3 Å². The zero-order chi connectivity index (χ0) is 15.4. The Hall–Kier alpha value is -2.24. The molecule has 6 nitrogen and oxygen atoms in total. The summed E-state index contributed by atoms with van der Waals surface area (Å²) in [6.07, 6.45) is 3.39. The number of carbonyl (C=O) groups is 1. The maximum Gasteiger partial charge on any atom is 0.414 e. The Labute approximate surface area is 130 Å². The summed E-state index contributed by atoms with van der Waals surface area (Å²) in [7, 11) is 0. The molecule has 3 rings (SSSR count). The number of ether oxygens (including phenoxy) is 1. The normalized spacial score (nSPS) is 19.5. The molecule has 2 aliphatic rings. The van der Waals surface area contributed by atoms with Crippen molar-refractivity contribution in [2.75, 3.05) is 31.1 Å². The number of rotatable bonds is 3. The first-order valence-corrected chi connectivity index (χ1v) is 7.82. The van der Waals surface area contributed by atoms with Crippen LogP contribution in [0.5, 0.6) is 0 Å². The monoisotopic (exact) mass is 302 g/mol. The minimum absolute atomic E-state index is 0.278. The Kier molecular flexibility index (Phi) is 4.46. The van der Waals surface area contributed by atoms with Gasteiger partial charge in [-0.1, -0.05) is 12.1 Å². The molecule has 0 bridgehead atoms. The van der Waals surface area contributed by atoms with Gasteiger partial charge in [-0.15, -0.1) is 0 Å². The Morgan fingerprint density at radius 1 is 1.14 bits per heavy atom. The molecule has 0 saturated carbocycles. The molecule has 1 amide bonds. The van der Waals surface area contributed by atoms with Crippen LogP contribution in [0, 0.1) is 0 Å². The lowest BCUT2D eigenvalue weighted by molar-refractivity contribution is 0.181. The largest absolute Gasteiger partial charge is 0.447 e. The van der Waals surface area contributed by atoms with Crippen LogP contribution in [-0.4, -0.2) is 43.2 Å². The minimum Gasteiger partial charge on any atom is -0.447 e. The van der Waals surface area contributed by atoms with Gasteiger partial charge in [0.2, 0.25) is 0 Å². The van der Waals surface area contributed by atoms with E-state index < -0.39 is 0 Å². The van der Waals surface area contributed by atoms with E-state index in [-0.39, 0.29) is 6.09 Å². The highest BCUT2D eigenvalue weighted by Gasteiger charge is 2.23. The fourth-order valence-corrected chi connectivity index (χ4v) is 2.80. The second-order valence-corrected chi connectivity index (χ2v) is 5.65. The molecule has 22 heavy (non-hydrogen) atoms. The molecule has 1 aromatic rings. The van der Waals surface area contributed by atoms with E-state index in [1.54, 1.807) is 4.90 Å². The van der Waals surface area contributed by atoms with Crippen molar-refractivity contribution in [3.8, 4) is 0 Å².